The fraction of sp³-hybridized carbons (Fsp3) is 0.467. The highest BCUT2D eigenvalue weighted by Crippen LogP contribution is 2.28. The molecule has 1 atom stereocenters. The van der Waals surface area contributed by atoms with E-state index in [0.717, 1.165) is 13.0 Å². The molecule has 0 amide bonds. The Labute approximate surface area is 118 Å². The summed E-state index contributed by atoms with van der Waals surface area (Å²) in [5.74, 6) is 0. The minimum atomic E-state index is -0.969. The zero-order chi connectivity index (χ0) is 14.2. The van der Waals surface area contributed by atoms with Gasteiger partial charge in [-0.1, -0.05) is 29.5 Å². The minimum absolute atomic E-state index is 0.00342. The van der Waals surface area contributed by atoms with Gasteiger partial charge in [0.25, 0.3) is 0 Å². The number of ether oxygens (including phenoxy) is 1. The molecule has 0 spiro atoms. The van der Waals surface area contributed by atoms with Gasteiger partial charge in [-0.3, -0.25) is 0 Å². The van der Waals surface area contributed by atoms with Crippen molar-refractivity contribution in [3.63, 3.8) is 0 Å². The van der Waals surface area contributed by atoms with E-state index < -0.39 is 5.60 Å². The lowest BCUT2D eigenvalue weighted by Gasteiger charge is -2.25. The second-order valence-electron chi connectivity index (χ2n) is 5.69. The van der Waals surface area contributed by atoms with Gasteiger partial charge in [0.05, 0.1) is 19.3 Å². The van der Waals surface area contributed by atoms with Crippen molar-refractivity contribution in [2.45, 2.75) is 38.5 Å². The van der Waals surface area contributed by atoms with Crippen molar-refractivity contribution in [3.05, 3.63) is 47.3 Å². The molecule has 1 aromatic carbocycles. The second-order valence-corrected chi connectivity index (χ2v) is 5.69. The van der Waals surface area contributed by atoms with E-state index in [1.807, 2.05) is 6.07 Å². The Morgan fingerprint density at radius 2 is 2.20 bits per heavy atom. The molecule has 1 N–H and O–H groups in total. The highest BCUT2D eigenvalue weighted by atomic mass is 16.5. The van der Waals surface area contributed by atoms with E-state index in [1.165, 1.54) is 11.1 Å². The molecular weight excluding hydrogens is 254 g/mol. The Morgan fingerprint density at radius 3 is 2.95 bits per heavy atom. The van der Waals surface area contributed by atoms with Gasteiger partial charge in [0.2, 0.25) is 0 Å². The average molecular weight is 273 g/mol. The first-order valence-electron chi connectivity index (χ1n) is 6.86. The van der Waals surface area contributed by atoms with Crippen LogP contribution in [0.25, 0.3) is 0 Å². The molecule has 2 heterocycles. The molecule has 1 aliphatic heterocycles. The molecule has 20 heavy (non-hydrogen) atoms. The minimum Gasteiger partial charge on any atom is -0.384 e. The van der Waals surface area contributed by atoms with Crippen molar-refractivity contribution in [3.8, 4) is 0 Å². The summed E-state index contributed by atoms with van der Waals surface area (Å²) in [6.07, 6.45) is 2.73. The van der Waals surface area contributed by atoms with Gasteiger partial charge < -0.3 is 9.84 Å². The largest absolute Gasteiger partial charge is 0.384 e. The monoisotopic (exact) mass is 273 g/mol. The average Bonchev–Trinajstić information content (AvgIpc) is 2.88. The summed E-state index contributed by atoms with van der Waals surface area (Å²) in [6.45, 7) is 4.75. The molecule has 0 saturated heterocycles. The summed E-state index contributed by atoms with van der Waals surface area (Å²) in [6, 6.07) is 8.34. The third kappa shape index (κ3) is 2.59. The maximum Gasteiger partial charge on any atom is 0.114 e. The van der Waals surface area contributed by atoms with E-state index >= 15 is 0 Å². The third-order valence-electron chi connectivity index (χ3n) is 3.61. The Kier molecular flexibility index (Phi) is 3.31. The predicted octanol–water partition coefficient (Wildman–Crippen LogP) is 1.82. The summed E-state index contributed by atoms with van der Waals surface area (Å²) in [5.41, 5.74) is 2.16. The van der Waals surface area contributed by atoms with Crippen molar-refractivity contribution >= 4 is 0 Å². The van der Waals surface area contributed by atoms with Crippen LogP contribution in [0, 0.1) is 0 Å². The van der Waals surface area contributed by atoms with Gasteiger partial charge in [-0.25, -0.2) is 4.68 Å². The van der Waals surface area contributed by atoms with Gasteiger partial charge in [0.1, 0.15) is 17.4 Å². The molecule has 0 radical (unpaired) electrons. The number of aliphatic hydroxyl groups is 1. The summed E-state index contributed by atoms with van der Waals surface area (Å²) < 4.78 is 7.59. The first-order chi connectivity index (χ1) is 9.54. The molecule has 5 nitrogen and oxygen atoms in total. The van der Waals surface area contributed by atoms with Gasteiger partial charge in [0, 0.05) is 0 Å². The zero-order valence-corrected chi connectivity index (χ0v) is 11.8. The molecule has 1 aliphatic rings. The second kappa shape index (κ2) is 5.00. The van der Waals surface area contributed by atoms with Gasteiger partial charge in [0.15, 0.2) is 0 Å². The van der Waals surface area contributed by atoms with E-state index in [2.05, 4.69) is 28.5 Å². The quantitative estimate of drug-likeness (QED) is 0.926. The van der Waals surface area contributed by atoms with Gasteiger partial charge in [-0.05, 0) is 31.4 Å². The summed E-state index contributed by atoms with van der Waals surface area (Å²) in [5, 5.41) is 18.0. The summed E-state index contributed by atoms with van der Waals surface area (Å²) >= 11 is 0. The number of benzene rings is 1. The maximum absolute atomic E-state index is 9.92. The van der Waals surface area contributed by atoms with E-state index in [0.29, 0.717) is 12.2 Å². The smallest absolute Gasteiger partial charge is 0.114 e. The zero-order valence-electron chi connectivity index (χ0n) is 11.8. The van der Waals surface area contributed by atoms with Crippen LogP contribution in [0.4, 0.5) is 0 Å². The van der Waals surface area contributed by atoms with Gasteiger partial charge in [-0.15, -0.1) is 5.10 Å². The number of aromatic nitrogens is 3. The number of fused-ring (bicyclic) bond motifs is 1. The molecule has 106 valence electrons. The molecule has 0 saturated carbocycles. The topological polar surface area (TPSA) is 60.2 Å². The third-order valence-corrected chi connectivity index (χ3v) is 3.61. The lowest BCUT2D eigenvalue weighted by molar-refractivity contribution is 0.0278. The molecule has 0 bridgehead atoms. The van der Waals surface area contributed by atoms with E-state index in [4.69, 9.17) is 4.74 Å². The Morgan fingerprint density at radius 1 is 1.40 bits per heavy atom. The normalized spacial score (nSPS) is 18.9. The molecule has 1 unspecified atom stereocenters. The molecular formula is C15H19N3O2. The number of nitrogens with zero attached hydrogens (tertiary/aromatic N) is 3. The number of hydrogen-bond donors (Lipinski definition) is 1. The number of rotatable bonds is 3. The predicted molar refractivity (Wildman–Crippen MR) is 74.1 cm³/mol. The van der Waals surface area contributed by atoms with Crippen molar-refractivity contribution in [1.82, 2.24) is 15.0 Å². The van der Waals surface area contributed by atoms with Crippen LogP contribution in [0.1, 0.15) is 36.8 Å². The number of hydrogen-bond acceptors (Lipinski definition) is 4. The fourth-order valence-corrected chi connectivity index (χ4v) is 2.47. The highest BCUT2D eigenvalue weighted by molar-refractivity contribution is 5.30. The van der Waals surface area contributed by atoms with Crippen LogP contribution in [-0.2, 0) is 23.3 Å². The van der Waals surface area contributed by atoms with Crippen molar-refractivity contribution in [1.29, 1.82) is 0 Å². The van der Waals surface area contributed by atoms with Crippen LogP contribution in [0.5, 0.6) is 0 Å². The van der Waals surface area contributed by atoms with E-state index in [-0.39, 0.29) is 6.10 Å². The summed E-state index contributed by atoms with van der Waals surface area (Å²) in [4.78, 5) is 0. The van der Waals surface area contributed by atoms with Crippen LogP contribution in [0.2, 0.25) is 0 Å². The maximum atomic E-state index is 9.92. The molecule has 0 aliphatic carbocycles. The lowest BCUT2D eigenvalue weighted by Crippen LogP contribution is -2.21. The van der Waals surface area contributed by atoms with Crippen molar-refractivity contribution < 1.29 is 9.84 Å². The SMILES string of the molecule is CC(C)(O)c1cn(CC2OCCc3ccccc32)nn1. The highest BCUT2D eigenvalue weighted by Gasteiger charge is 2.24. The molecule has 0 fully saturated rings. The van der Waals surface area contributed by atoms with Crippen LogP contribution < -0.4 is 0 Å². The van der Waals surface area contributed by atoms with Crippen molar-refractivity contribution in [2.75, 3.05) is 6.61 Å². The fourth-order valence-electron chi connectivity index (χ4n) is 2.47. The van der Waals surface area contributed by atoms with Crippen LogP contribution in [-0.4, -0.2) is 26.7 Å². The van der Waals surface area contributed by atoms with Crippen LogP contribution in [0.15, 0.2) is 30.5 Å². The molecule has 3 rings (SSSR count). The Hall–Kier alpha value is -1.72. The van der Waals surface area contributed by atoms with E-state index in [1.54, 1.807) is 24.7 Å². The standard InChI is InChI=1S/C15H19N3O2/c1-15(2,19)14-10-18(17-16-14)9-13-12-6-4-3-5-11(12)7-8-20-13/h3-6,10,13,19H,7-9H2,1-2H3. The Balaban J connectivity index is 1.81. The first-order valence-corrected chi connectivity index (χ1v) is 6.86. The van der Waals surface area contributed by atoms with Crippen molar-refractivity contribution in [2.24, 2.45) is 0 Å². The molecule has 1 aromatic heterocycles. The molecule has 5 heteroatoms. The van der Waals surface area contributed by atoms with Gasteiger partial charge >= 0.3 is 0 Å². The molecule has 2 aromatic rings. The van der Waals surface area contributed by atoms with Crippen LogP contribution >= 0.6 is 0 Å². The van der Waals surface area contributed by atoms with Gasteiger partial charge in [-0.2, -0.15) is 0 Å². The lowest BCUT2D eigenvalue weighted by atomic mass is 9.97. The summed E-state index contributed by atoms with van der Waals surface area (Å²) in [7, 11) is 0. The Bertz CT molecular complexity index is 601. The van der Waals surface area contributed by atoms with Crippen LogP contribution in [0.3, 0.4) is 0 Å². The first kappa shape index (κ1) is 13.3. The van der Waals surface area contributed by atoms with E-state index in [9.17, 15) is 5.11 Å².